The third-order valence-electron chi connectivity index (χ3n) is 4.69. The first-order chi connectivity index (χ1) is 12.5. The molecule has 8 heteroatoms. The molecule has 2 aliphatic rings. The smallest absolute Gasteiger partial charge is 0.234 e. The van der Waals surface area contributed by atoms with Crippen LogP contribution in [0.5, 0.6) is 0 Å². The second kappa shape index (κ2) is 8.81. The van der Waals surface area contributed by atoms with Gasteiger partial charge in [-0.15, -0.1) is 11.3 Å². The highest BCUT2D eigenvalue weighted by Gasteiger charge is 2.25. The van der Waals surface area contributed by atoms with Gasteiger partial charge in [0, 0.05) is 43.6 Å². The standard InChI is InChI=1S/C18H30N6OS/c1-4-19-18(20-11-16-13(2)21-14(3)26-16)24-9-7-23(8-10-24)12-17(25)22-15-5-6-15/h15H,4-12H2,1-3H3,(H,19,20)(H,22,25). The molecule has 0 unspecified atom stereocenters. The van der Waals surface area contributed by atoms with Crippen LogP contribution in [0.3, 0.4) is 0 Å². The number of guanidine groups is 1. The number of carbonyl (C=O) groups is 1. The van der Waals surface area contributed by atoms with Gasteiger partial charge in [-0.1, -0.05) is 0 Å². The molecule has 3 rings (SSSR count). The van der Waals surface area contributed by atoms with Crippen LogP contribution in [0.1, 0.15) is 35.3 Å². The summed E-state index contributed by atoms with van der Waals surface area (Å²) in [6.45, 7) is 11.8. The van der Waals surface area contributed by atoms with Crippen LogP contribution in [0.25, 0.3) is 0 Å². The molecule has 144 valence electrons. The van der Waals surface area contributed by atoms with Crippen molar-refractivity contribution in [3.8, 4) is 0 Å². The van der Waals surface area contributed by atoms with E-state index >= 15 is 0 Å². The first-order valence-corrected chi connectivity index (χ1v) is 10.3. The number of aliphatic imine (C=N–C) groups is 1. The minimum atomic E-state index is 0.164. The second-order valence-corrected chi connectivity index (χ2v) is 8.30. The summed E-state index contributed by atoms with van der Waals surface area (Å²) in [4.78, 5) is 27.0. The maximum Gasteiger partial charge on any atom is 0.234 e. The van der Waals surface area contributed by atoms with E-state index in [0.717, 1.165) is 62.2 Å². The van der Waals surface area contributed by atoms with Gasteiger partial charge < -0.3 is 15.5 Å². The zero-order chi connectivity index (χ0) is 18.5. The van der Waals surface area contributed by atoms with Crippen molar-refractivity contribution in [3.05, 3.63) is 15.6 Å². The summed E-state index contributed by atoms with van der Waals surface area (Å²) in [7, 11) is 0. The zero-order valence-corrected chi connectivity index (χ0v) is 16.9. The summed E-state index contributed by atoms with van der Waals surface area (Å²) in [6.07, 6.45) is 2.28. The van der Waals surface area contributed by atoms with Crippen molar-refractivity contribution in [1.82, 2.24) is 25.4 Å². The van der Waals surface area contributed by atoms with Gasteiger partial charge in [0.2, 0.25) is 5.91 Å². The van der Waals surface area contributed by atoms with Gasteiger partial charge in [-0.2, -0.15) is 0 Å². The van der Waals surface area contributed by atoms with Crippen molar-refractivity contribution in [1.29, 1.82) is 0 Å². The van der Waals surface area contributed by atoms with E-state index in [-0.39, 0.29) is 5.91 Å². The molecule has 2 fully saturated rings. The van der Waals surface area contributed by atoms with Gasteiger partial charge in [-0.25, -0.2) is 9.98 Å². The highest BCUT2D eigenvalue weighted by atomic mass is 32.1. The van der Waals surface area contributed by atoms with Gasteiger partial charge in [0.15, 0.2) is 5.96 Å². The Morgan fingerprint density at radius 1 is 1.27 bits per heavy atom. The summed E-state index contributed by atoms with van der Waals surface area (Å²) >= 11 is 1.72. The van der Waals surface area contributed by atoms with E-state index < -0.39 is 0 Å². The molecule has 2 N–H and O–H groups in total. The fourth-order valence-electron chi connectivity index (χ4n) is 3.11. The van der Waals surface area contributed by atoms with Crippen molar-refractivity contribution in [2.45, 2.75) is 46.2 Å². The SMILES string of the molecule is CCNC(=NCc1sc(C)nc1C)N1CCN(CC(=O)NC2CC2)CC1. The average molecular weight is 379 g/mol. The van der Waals surface area contributed by atoms with Crippen molar-refractivity contribution in [3.63, 3.8) is 0 Å². The number of piperazine rings is 1. The molecule has 1 aliphatic heterocycles. The lowest BCUT2D eigenvalue weighted by Gasteiger charge is -2.36. The Labute approximate surface area is 159 Å². The monoisotopic (exact) mass is 378 g/mol. The topological polar surface area (TPSA) is 72.9 Å². The van der Waals surface area contributed by atoms with Crippen LogP contribution < -0.4 is 10.6 Å². The number of rotatable bonds is 6. The minimum absolute atomic E-state index is 0.164. The molecule has 1 saturated heterocycles. The third kappa shape index (κ3) is 5.41. The Hall–Kier alpha value is -1.67. The maximum absolute atomic E-state index is 12.0. The second-order valence-electron chi connectivity index (χ2n) is 7.02. The molecule has 1 aromatic heterocycles. The van der Waals surface area contributed by atoms with E-state index in [9.17, 15) is 4.79 Å². The maximum atomic E-state index is 12.0. The van der Waals surface area contributed by atoms with Crippen LogP contribution in [-0.4, -0.2) is 72.0 Å². The number of carbonyl (C=O) groups excluding carboxylic acids is 1. The van der Waals surface area contributed by atoms with Crippen LogP contribution in [-0.2, 0) is 11.3 Å². The van der Waals surface area contributed by atoms with E-state index in [4.69, 9.17) is 4.99 Å². The molecule has 0 spiro atoms. The molecule has 7 nitrogen and oxygen atoms in total. The number of nitrogens with one attached hydrogen (secondary N) is 2. The van der Waals surface area contributed by atoms with Crippen molar-refractivity contribution in [2.75, 3.05) is 39.3 Å². The molecular formula is C18H30N6OS. The Kier molecular flexibility index (Phi) is 6.48. The van der Waals surface area contributed by atoms with E-state index in [1.807, 2.05) is 13.8 Å². The van der Waals surface area contributed by atoms with E-state index in [2.05, 4.69) is 32.3 Å². The summed E-state index contributed by atoms with van der Waals surface area (Å²) in [5, 5.41) is 7.56. The van der Waals surface area contributed by atoms with Crippen LogP contribution in [0, 0.1) is 13.8 Å². The van der Waals surface area contributed by atoms with Gasteiger partial charge in [0.1, 0.15) is 0 Å². The number of hydrogen-bond acceptors (Lipinski definition) is 5. The number of aryl methyl sites for hydroxylation is 2. The molecule has 0 aromatic carbocycles. The minimum Gasteiger partial charge on any atom is -0.357 e. The average Bonchev–Trinajstić information content (AvgIpc) is 3.35. The Bertz CT molecular complexity index is 646. The Morgan fingerprint density at radius 2 is 2.00 bits per heavy atom. The largest absolute Gasteiger partial charge is 0.357 e. The number of aromatic nitrogens is 1. The van der Waals surface area contributed by atoms with Gasteiger partial charge >= 0.3 is 0 Å². The summed E-state index contributed by atoms with van der Waals surface area (Å²) in [5.74, 6) is 1.12. The summed E-state index contributed by atoms with van der Waals surface area (Å²) < 4.78 is 0. The molecule has 2 heterocycles. The number of thiazole rings is 1. The van der Waals surface area contributed by atoms with Gasteiger partial charge in [-0.05, 0) is 33.6 Å². The molecule has 0 radical (unpaired) electrons. The van der Waals surface area contributed by atoms with Crippen molar-refractivity contribution in [2.24, 2.45) is 4.99 Å². The van der Waals surface area contributed by atoms with E-state index in [0.29, 0.717) is 19.1 Å². The van der Waals surface area contributed by atoms with Crippen LogP contribution >= 0.6 is 11.3 Å². The molecule has 0 atom stereocenters. The van der Waals surface area contributed by atoms with Gasteiger partial charge in [0.05, 0.1) is 23.8 Å². The quantitative estimate of drug-likeness (QED) is 0.573. The zero-order valence-electron chi connectivity index (χ0n) is 16.0. The molecule has 1 aliphatic carbocycles. The van der Waals surface area contributed by atoms with Gasteiger partial charge in [0.25, 0.3) is 0 Å². The van der Waals surface area contributed by atoms with Crippen LogP contribution in [0.2, 0.25) is 0 Å². The molecule has 1 saturated carbocycles. The number of nitrogens with zero attached hydrogens (tertiary/aromatic N) is 4. The lowest BCUT2D eigenvalue weighted by molar-refractivity contribution is -0.122. The normalized spacial score (nSPS) is 18.9. The molecular weight excluding hydrogens is 348 g/mol. The predicted octanol–water partition coefficient (Wildman–Crippen LogP) is 1.12. The van der Waals surface area contributed by atoms with Crippen LogP contribution in [0.4, 0.5) is 0 Å². The fraction of sp³-hybridized carbons (Fsp3) is 0.722. The van der Waals surface area contributed by atoms with E-state index in [1.165, 1.54) is 4.88 Å². The first kappa shape index (κ1) is 19.1. The third-order valence-corrected chi connectivity index (χ3v) is 5.75. The lowest BCUT2D eigenvalue weighted by atomic mass is 10.3. The lowest BCUT2D eigenvalue weighted by Crippen LogP contribution is -2.54. The van der Waals surface area contributed by atoms with Crippen molar-refractivity contribution < 1.29 is 4.79 Å². The first-order valence-electron chi connectivity index (χ1n) is 9.53. The molecule has 1 aromatic rings. The highest BCUT2D eigenvalue weighted by Crippen LogP contribution is 2.19. The summed E-state index contributed by atoms with van der Waals surface area (Å²) in [5.41, 5.74) is 1.08. The Morgan fingerprint density at radius 3 is 2.58 bits per heavy atom. The van der Waals surface area contributed by atoms with Gasteiger partial charge in [-0.3, -0.25) is 9.69 Å². The number of hydrogen-bond donors (Lipinski definition) is 2. The molecule has 0 bridgehead atoms. The van der Waals surface area contributed by atoms with E-state index in [1.54, 1.807) is 11.3 Å². The van der Waals surface area contributed by atoms with Crippen molar-refractivity contribution >= 4 is 23.2 Å². The van der Waals surface area contributed by atoms with Crippen LogP contribution in [0.15, 0.2) is 4.99 Å². The molecule has 26 heavy (non-hydrogen) atoms. The Balaban J connectivity index is 1.51. The highest BCUT2D eigenvalue weighted by molar-refractivity contribution is 7.11. The fourth-order valence-corrected chi connectivity index (χ4v) is 3.98. The number of amides is 1. The summed E-state index contributed by atoms with van der Waals surface area (Å²) in [6, 6.07) is 0.440. The molecule has 1 amide bonds. The predicted molar refractivity (Wildman–Crippen MR) is 106 cm³/mol.